The van der Waals surface area contributed by atoms with Crippen molar-refractivity contribution >= 4 is 11.5 Å². The highest BCUT2D eigenvalue weighted by molar-refractivity contribution is 5.84. The van der Waals surface area contributed by atoms with Crippen LogP contribution in [0.25, 0.3) is 0 Å². The predicted molar refractivity (Wildman–Crippen MR) is 75.9 cm³/mol. The molecule has 2 rings (SSSR count). The van der Waals surface area contributed by atoms with E-state index in [1.54, 1.807) is 7.11 Å². The summed E-state index contributed by atoms with van der Waals surface area (Å²) in [7, 11) is 1.70. The number of aryl methyl sites for hydroxylation is 1. The standard InChI is InChI=1S/C15H22N2O/c1-11-7-8-14(15(10-11)18-4)16-13(3)17-9-5-6-12(17)2/h7-8,10,12H,5-6,9H2,1-4H3. The van der Waals surface area contributed by atoms with Crippen molar-refractivity contribution in [3.8, 4) is 5.75 Å². The second kappa shape index (κ2) is 5.42. The van der Waals surface area contributed by atoms with Crippen LogP contribution in [0.5, 0.6) is 5.75 Å². The fourth-order valence-corrected chi connectivity index (χ4v) is 2.53. The smallest absolute Gasteiger partial charge is 0.144 e. The summed E-state index contributed by atoms with van der Waals surface area (Å²) in [5.41, 5.74) is 2.11. The number of benzene rings is 1. The van der Waals surface area contributed by atoms with Gasteiger partial charge in [-0.15, -0.1) is 0 Å². The van der Waals surface area contributed by atoms with Gasteiger partial charge in [-0.05, 0) is 51.3 Å². The molecule has 0 aliphatic carbocycles. The van der Waals surface area contributed by atoms with Gasteiger partial charge in [0.25, 0.3) is 0 Å². The molecule has 18 heavy (non-hydrogen) atoms. The van der Waals surface area contributed by atoms with Crippen molar-refractivity contribution in [2.24, 2.45) is 4.99 Å². The fourth-order valence-electron chi connectivity index (χ4n) is 2.53. The first-order chi connectivity index (χ1) is 8.61. The lowest BCUT2D eigenvalue weighted by Gasteiger charge is -2.23. The summed E-state index contributed by atoms with van der Waals surface area (Å²) in [5, 5.41) is 0. The Hall–Kier alpha value is -1.51. The summed E-state index contributed by atoms with van der Waals surface area (Å²) in [5.74, 6) is 1.93. The van der Waals surface area contributed by atoms with E-state index < -0.39 is 0 Å². The Morgan fingerprint density at radius 3 is 2.83 bits per heavy atom. The van der Waals surface area contributed by atoms with Gasteiger partial charge in [-0.2, -0.15) is 0 Å². The molecule has 0 bridgehead atoms. The van der Waals surface area contributed by atoms with Crippen LogP contribution in [-0.4, -0.2) is 30.4 Å². The lowest BCUT2D eigenvalue weighted by atomic mass is 10.2. The van der Waals surface area contributed by atoms with E-state index in [1.165, 1.54) is 18.4 Å². The van der Waals surface area contributed by atoms with Crippen LogP contribution < -0.4 is 4.74 Å². The van der Waals surface area contributed by atoms with Gasteiger partial charge in [0.15, 0.2) is 0 Å². The van der Waals surface area contributed by atoms with Gasteiger partial charge < -0.3 is 9.64 Å². The van der Waals surface area contributed by atoms with Crippen molar-refractivity contribution in [2.45, 2.75) is 39.7 Å². The quantitative estimate of drug-likeness (QED) is 0.589. The lowest BCUT2D eigenvalue weighted by Crippen LogP contribution is -2.31. The van der Waals surface area contributed by atoms with E-state index in [1.807, 2.05) is 12.1 Å². The molecule has 0 N–H and O–H groups in total. The average molecular weight is 246 g/mol. The number of aliphatic imine (C=N–C) groups is 1. The van der Waals surface area contributed by atoms with Crippen LogP contribution in [0.1, 0.15) is 32.3 Å². The number of amidine groups is 1. The summed E-state index contributed by atoms with van der Waals surface area (Å²) in [4.78, 5) is 7.10. The summed E-state index contributed by atoms with van der Waals surface area (Å²) >= 11 is 0. The zero-order chi connectivity index (χ0) is 13.1. The zero-order valence-electron chi connectivity index (χ0n) is 11.7. The molecular formula is C15H22N2O. The Kier molecular flexibility index (Phi) is 3.90. The summed E-state index contributed by atoms with van der Waals surface area (Å²) < 4.78 is 5.39. The van der Waals surface area contributed by atoms with Crippen molar-refractivity contribution in [2.75, 3.05) is 13.7 Å². The molecule has 3 heteroatoms. The molecule has 0 saturated carbocycles. The summed E-state index contributed by atoms with van der Waals surface area (Å²) in [6.07, 6.45) is 2.52. The number of likely N-dealkylation sites (tertiary alicyclic amines) is 1. The number of methoxy groups -OCH3 is 1. The Bertz CT molecular complexity index is 454. The van der Waals surface area contributed by atoms with E-state index in [9.17, 15) is 0 Å². The summed E-state index contributed by atoms with van der Waals surface area (Å²) in [6, 6.07) is 6.73. The van der Waals surface area contributed by atoms with Crippen LogP contribution in [0.2, 0.25) is 0 Å². The molecule has 0 spiro atoms. The van der Waals surface area contributed by atoms with Crippen molar-refractivity contribution in [1.29, 1.82) is 0 Å². The molecule has 3 nitrogen and oxygen atoms in total. The van der Waals surface area contributed by atoms with Crippen LogP contribution in [0, 0.1) is 6.92 Å². The molecule has 1 aromatic rings. The molecule has 1 unspecified atom stereocenters. The third-order valence-corrected chi connectivity index (χ3v) is 3.59. The SMILES string of the molecule is COc1cc(C)ccc1N=C(C)N1CCCC1C. The zero-order valence-corrected chi connectivity index (χ0v) is 11.7. The van der Waals surface area contributed by atoms with Crippen molar-refractivity contribution in [1.82, 2.24) is 4.90 Å². The molecule has 98 valence electrons. The Balaban J connectivity index is 2.26. The van der Waals surface area contributed by atoms with Gasteiger partial charge in [0.05, 0.1) is 7.11 Å². The molecule has 0 radical (unpaired) electrons. The van der Waals surface area contributed by atoms with Crippen LogP contribution in [0.15, 0.2) is 23.2 Å². The van der Waals surface area contributed by atoms with E-state index in [0.717, 1.165) is 23.8 Å². The highest BCUT2D eigenvalue weighted by Crippen LogP contribution is 2.29. The van der Waals surface area contributed by atoms with Crippen molar-refractivity contribution in [3.05, 3.63) is 23.8 Å². The molecule has 0 aromatic heterocycles. The summed E-state index contributed by atoms with van der Waals surface area (Å²) in [6.45, 7) is 7.52. The Labute approximate surface area is 109 Å². The van der Waals surface area contributed by atoms with E-state index in [-0.39, 0.29) is 0 Å². The van der Waals surface area contributed by atoms with Crippen molar-refractivity contribution in [3.63, 3.8) is 0 Å². The number of ether oxygens (including phenoxy) is 1. The van der Waals surface area contributed by atoms with E-state index >= 15 is 0 Å². The first-order valence-corrected chi connectivity index (χ1v) is 6.58. The Morgan fingerprint density at radius 2 is 2.22 bits per heavy atom. The normalized spacial score (nSPS) is 20.3. The molecule has 1 aliphatic rings. The number of hydrogen-bond acceptors (Lipinski definition) is 2. The predicted octanol–water partition coefficient (Wildman–Crippen LogP) is 3.54. The number of nitrogens with zero attached hydrogens (tertiary/aromatic N) is 2. The first kappa shape index (κ1) is 12.9. The van der Waals surface area contributed by atoms with Crippen LogP contribution >= 0.6 is 0 Å². The molecule has 1 saturated heterocycles. The third kappa shape index (κ3) is 2.66. The van der Waals surface area contributed by atoms with E-state index in [0.29, 0.717) is 6.04 Å². The van der Waals surface area contributed by atoms with Crippen LogP contribution in [0.4, 0.5) is 5.69 Å². The van der Waals surface area contributed by atoms with Crippen LogP contribution in [-0.2, 0) is 0 Å². The maximum absolute atomic E-state index is 5.39. The van der Waals surface area contributed by atoms with Gasteiger partial charge in [0.2, 0.25) is 0 Å². The largest absolute Gasteiger partial charge is 0.494 e. The lowest BCUT2D eigenvalue weighted by molar-refractivity contribution is 0.408. The third-order valence-electron chi connectivity index (χ3n) is 3.59. The second-order valence-corrected chi connectivity index (χ2v) is 5.02. The fraction of sp³-hybridized carbons (Fsp3) is 0.533. The van der Waals surface area contributed by atoms with E-state index in [2.05, 4.69) is 31.7 Å². The maximum Gasteiger partial charge on any atom is 0.144 e. The molecule has 1 aromatic carbocycles. The minimum Gasteiger partial charge on any atom is -0.494 e. The van der Waals surface area contributed by atoms with Crippen LogP contribution in [0.3, 0.4) is 0 Å². The van der Waals surface area contributed by atoms with Crippen molar-refractivity contribution < 1.29 is 4.74 Å². The number of hydrogen-bond donors (Lipinski definition) is 0. The highest BCUT2D eigenvalue weighted by Gasteiger charge is 2.21. The molecule has 1 atom stereocenters. The van der Waals surface area contributed by atoms with Gasteiger partial charge >= 0.3 is 0 Å². The first-order valence-electron chi connectivity index (χ1n) is 6.58. The minimum atomic E-state index is 0.602. The monoisotopic (exact) mass is 246 g/mol. The molecular weight excluding hydrogens is 224 g/mol. The van der Waals surface area contributed by atoms with Gasteiger partial charge in [0.1, 0.15) is 17.3 Å². The van der Waals surface area contributed by atoms with E-state index in [4.69, 9.17) is 9.73 Å². The molecule has 1 heterocycles. The molecule has 1 aliphatic heterocycles. The average Bonchev–Trinajstić information content (AvgIpc) is 2.77. The highest BCUT2D eigenvalue weighted by atomic mass is 16.5. The minimum absolute atomic E-state index is 0.602. The second-order valence-electron chi connectivity index (χ2n) is 5.02. The number of rotatable bonds is 2. The van der Waals surface area contributed by atoms with Gasteiger partial charge in [0, 0.05) is 12.6 Å². The molecule has 1 fully saturated rings. The Morgan fingerprint density at radius 1 is 1.44 bits per heavy atom. The maximum atomic E-state index is 5.39. The van der Waals surface area contributed by atoms with Gasteiger partial charge in [-0.25, -0.2) is 4.99 Å². The van der Waals surface area contributed by atoms with Gasteiger partial charge in [-0.1, -0.05) is 6.07 Å². The molecule has 0 amide bonds. The van der Waals surface area contributed by atoms with Gasteiger partial charge in [-0.3, -0.25) is 0 Å². The topological polar surface area (TPSA) is 24.8 Å².